The topological polar surface area (TPSA) is 107 Å². The van der Waals surface area contributed by atoms with Crippen LogP contribution in [-0.4, -0.2) is 61.2 Å². The predicted molar refractivity (Wildman–Crippen MR) is 123 cm³/mol. The summed E-state index contributed by atoms with van der Waals surface area (Å²) in [6.45, 7) is 2.11. The van der Waals surface area contributed by atoms with Gasteiger partial charge < -0.3 is 29.4 Å². The van der Waals surface area contributed by atoms with Gasteiger partial charge in [0.2, 0.25) is 11.9 Å². The number of nitrogens with zero attached hydrogens (tertiary/aromatic N) is 4. The summed E-state index contributed by atoms with van der Waals surface area (Å²) >= 11 is 0. The fourth-order valence-corrected chi connectivity index (χ4v) is 3.68. The lowest BCUT2D eigenvalue weighted by Crippen LogP contribution is -2.49. The van der Waals surface area contributed by atoms with Crippen LogP contribution in [-0.2, 0) is 11.2 Å². The number of nitrogens with two attached hydrogens (primary N) is 1. The highest BCUT2D eigenvalue weighted by molar-refractivity contribution is 5.92. The normalized spacial score (nSPS) is 13.4. The van der Waals surface area contributed by atoms with E-state index >= 15 is 0 Å². The Morgan fingerprint density at radius 1 is 1.21 bits per heavy atom. The lowest BCUT2D eigenvalue weighted by Gasteiger charge is -2.35. The van der Waals surface area contributed by atoms with Crippen LogP contribution in [0.25, 0.3) is 10.9 Å². The molecule has 4 rings (SSSR count). The van der Waals surface area contributed by atoms with Crippen molar-refractivity contribution in [2.24, 2.45) is 0 Å². The van der Waals surface area contributed by atoms with Crippen LogP contribution in [0.3, 0.4) is 0 Å². The maximum Gasteiger partial charge on any atom is 0.228 e. The van der Waals surface area contributed by atoms with Crippen LogP contribution in [0.15, 0.2) is 29.1 Å². The zero-order valence-corrected chi connectivity index (χ0v) is 18.6. The van der Waals surface area contributed by atoms with Crippen molar-refractivity contribution >= 4 is 28.6 Å². The van der Waals surface area contributed by atoms with E-state index in [4.69, 9.17) is 19.6 Å². The number of aryl methyl sites for hydroxylation is 1. The number of fused-ring (bicyclic) bond motifs is 1. The summed E-state index contributed by atoms with van der Waals surface area (Å²) in [6, 6.07) is 3.42. The maximum atomic E-state index is 15.0. The van der Waals surface area contributed by atoms with Gasteiger partial charge in [0.15, 0.2) is 17.3 Å². The molecular weight excluding hydrogens is 429 g/mol. The van der Waals surface area contributed by atoms with Gasteiger partial charge in [0, 0.05) is 38.0 Å². The maximum absolute atomic E-state index is 15.0. The number of carbonyl (C=O) groups excluding carboxylic acids is 1. The average Bonchev–Trinajstić information content (AvgIpc) is 3.38. The van der Waals surface area contributed by atoms with Crippen molar-refractivity contribution in [1.82, 2.24) is 14.9 Å². The van der Waals surface area contributed by atoms with Gasteiger partial charge in [-0.2, -0.15) is 4.98 Å². The number of piperazine rings is 1. The van der Waals surface area contributed by atoms with Gasteiger partial charge in [-0.15, -0.1) is 12.8 Å². The highest BCUT2D eigenvalue weighted by atomic mass is 19.1. The van der Waals surface area contributed by atoms with E-state index in [9.17, 15) is 9.18 Å². The number of ether oxygens (including phenoxy) is 2. The van der Waals surface area contributed by atoms with Crippen LogP contribution in [0.4, 0.5) is 16.2 Å². The predicted octanol–water partition coefficient (Wildman–Crippen LogP) is 2.49. The minimum atomic E-state index is -0.653. The number of halogens is 1. The number of terminal acetylenes is 1. The number of nitrogen functional groups attached to an aromatic ring is 1. The minimum Gasteiger partial charge on any atom is -0.493 e. The zero-order valence-electron chi connectivity index (χ0n) is 18.6. The molecule has 9 nitrogen and oxygen atoms in total. The number of aromatic nitrogens is 2. The molecule has 0 atom stereocenters. The quantitative estimate of drug-likeness (QED) is 0.565. The van der Waals surface area contributed by atoms with E-state index in [1.165, 1.54) is 14.2 Å². The Bertz CT molecular complexity index is 1130. The summed E-state index contributed by atoms with van der Waals surface area (Å²) in [6.07, 6.45) is 12.3. The second-order valence-corrected chi connectivity index (χ2v) is 7.23. The van der Waals surface area contributed by atoms with Crippen molar-refractivity contribution in [3.63, 3.8) is 0 Å². The monoisotopic (exact) mass is 455 g/mol. The highest BCUT2D eigenvalue weighted by Crippen LogP contribution is 2.37. The molecule has 0 aliphatic carbocycles. The first-order chi connectivity index (χ1) is 16.0. The van der Waals surface area contributed by atoms with Gasteiger partial charge in [0.1, 0.15) is 11.3 Å². The molecule has 1 aliphatic rings. The number of carbonyl (C=O) groups is 1. The van der Waals surface area contributed by atoms with E-state index in [1.54, 1.807) is 18.6 Å². The largest absolute Gasteiger partial charge is 0.493 e. The molecule has 0 radical (unpaired) electrons. The Morgan fingerprint density at radius 3 is 2.55 bits per heavy atom. The third kappa shape index (κ3) is 4.92. The molecule has 174 valence electrons. The van der Waals surface area contributed by atoms with Crippen molar-refractivity contribution in [3.8, 4) is 24.3 Å². The van der Waals surface area contributed by atoms with Gasteiger partial charge in [0.25, 0.3) is 0 Å². The standard InChI is InChI=1S/C21H24FN5O4.C2H2/c1-29-15-11-14-18(17(22)19(15)30-2)24-21(25-20(14)23)27-8-6-26(7-9-27)16(28)4-3-13-5-10-31-12-13;1-2/h5,10-12H,3-4,6-9H2,1-2H3,(H2,23,24,25);1-2H. The van der Waals surface area contributed by atoms with Crippen LogP contribution in [0, 0.1) is 18.7 Å². The molecule has 0 spiro atoms. The van der Waals surface area contributed by atoms with Gasteiger partial charge in [-0.1, -0.05) is 0 Å². The van der Waals surface area contributed by atoms with E-state index in [2.05, 4.69) is 22.8 Å². The number of amides is 1. The van der Waals surface area contributed by atoms with E-state index in [0.29, 0.717) is 50.4 Å². The number of methoxy groups -OCH3 is 2. The van der Waals surface area contributed by atoms with Crippen molar-refractivity contribution < 1.29 is 23.1 Å². The van der Waals surface area contributed by atoms with E-state index in [-0.39, 0.29) is 28.7 Å². The molecule has 1 aromatic carbocycles. The number of anilines is 2. The summed E-state index contributed by atoms with van der Waals surface area (Å²) in [5.41, 5.74) is 7.17. The van der Waals surface area contributed by atoms with Crippen LogP contribution < -0.4 is 20.1 Å². The molecule has 1 amide bonds. The number of hydrogen-bond donors (Lipinski definition) is 1. The number of benzene rings is 1. The first-order valence-corrected chi connectivity index (χ1v) is 10.3. The van der Waals surface area contributed by atoms with E-state index < -0.39 is 5.82 Å². The Kier molecular flexibility index (Phi) is 7.56. The molecule has 3 aromatic rings. The van der Waals surface area contributed by atoms with Gasteiger partial charge in [0.05, 0.1) is 26.7 Å². The summed E-state index contributed by atoms with van der Waals surface area (Å²) in [5.74, 6) is 0.0909. The summed E-state index contributed by atoms with van der Waals surface area (Å²) in [7, 11) is 2.78. The summed E-state index contributed by atoms with van der Waals surface area (Å²) < 4.78 is 30.3. The second kappa shape index (κ2) is 10.5. The Hall–Kier alpha value is -4.00. The third-order valence-electron chi connectivity index (χ3n) is 5.42. The Labute approximate surface area is 191 Å². The Morgan fingerprint density at radius 2 is 1.94 bits per heavy atom. The lowest BCUT2D eigenvalue weighted by atomic mass is 10.1. The molecule has 0 saturated carbocycles. The van der Waals surface area contributed by atoms with Crippen LogP contribution in [0.5, 0.6) is 11.5 Å². The molecule has 1 aliphatic heterocycles. The molecule has 1 fully saturated rings. The van der Waals surface area contributed by atoms with Gasteiger partial charge in [-0.25, -0.2) is 9.37 Å². The van der Waals surface area contributed by atoms with Gasteiger partial charge in [-0.3, -0.25) is 4.79 Å². The van der Waals surface area contributed by atoms with Crippen LogP contribution in [0.2, 0.25) is 0 Å². The average molecular weight is 455 g/mol. The molecular formula is C23H26FN5O4. The molecule has 0 bridgehead atoms. The van der Waals surface area contributed by atoms with Gasteiger partial charge >= 0.3 is 0 Å². The Balaban J connectivity index is 0.00000149. The van der Waals surface area contributed by atoms with E-state index in [1.807, 2.05) is 15.9 Å². The lowest BCUT2D eigenvalue weighted by molar-refractivity contribution is -0.131. The van der Waals surface area contributed by atoms with Crippen molar-refractivity contribution in [3.05, 3.63) is 36.0 Å². The fourth-order valence-electron chi connectivity index (χ4n) is 3.68. The molecule has 0 unspecified atom stereocenters. The van der Waals surface area contributed by atoms with Crippen molar-refractivity contribution in [2.75, 3.05) is 51.0 Å². The minimum absolute atomic E-state index is 0.0351. The molecule has 3 heterocycles. The molecule has 2 aromatic heterocycles. The summed E-state index contributed by atoms with van der Waals surface area (Å²) in [5, 5.41) is 0.354. The first-order valence-electron chi connectivity index (χ1n) is 10.3. The SMILES string of the molecule is C#C.COc1cc2c(N)nc(N3CCN(C(=O)CCc4ccoc4)CC3)nc2c(F)c1OC. The highest BCUT2D eigenvalue weighted by Gasteiger charge is 2.25. The fraction of sp³-hybridized carbons (Fsp3) is 0.348. The molecule has 33 heavy (non-hydrogen) atoms. The van der Waals surface area contributed by atoms with Crippen molar-refractivity contribution in [2.45, 2.75) is 12.8 Å². The number of furan rings is 1. The molecule has 2 N–H and O–H groups in total. The molecule has 1 saturated heterocycles. The summed E-state index contributed by atoms with van der Waals surface area (Å²) in [4.78, 5) is 24.9. The smallest absolute Gasteiger partial charge is 0.228 e. The first kappa shape index (κ1) is 23.7. The van der Waals surface area contributed by atoms with Crippen molar-refractivity contribution in [1.29, 1.82) is 0 Å². The third-order valence-corrected chi connectivity index (χ3v) is 5.42. The van der Waals surface area contributed by atoms with Gasteiger partial charge in [-0.05, 0) is 24.1 Å². The zero-order chi connectivity index (χ0) is 24.0. The number of rotatable bonds is 6. The van der Waals surface area contributed by atoms with E-state index in [0.717, 1.165) is 5.56 Å². The molecule has 10 heteroatoms. The van der Waals surface area contributed by atoms with Crippen LogP contribution >= 0.6 is 0 Å². The number of hydrogen-bond acceptors (Lipinski definition) is 8. The second-order valence-electron chi connectivity index (χ2n) is 7.23. The van der Waals surface area contributed by atoms with Crippen LogP contribution in [0.1, 0.15) is 12.0 Å².